The molecule has 0 saturated carbocycles. The molecule has 0 atom stereocenters. The van der Waals surface area contributed by atoms with Crippen LogP contribution >= 0.6 is 11.8 Å². The lowest BCUT2D eigenvalue weighted by Crippen LogP contribution is -2.14. The van der Waals surface area contributed by atoms with Crippen molar-refractivity contribution in [1.29, 1.82) is 0 Å². The minimum Gasteiger partial charge on any atom is -0.497 e. The van der Waals surface area contributed by atoms with Gasteiger partial charge in [-0.1, -0.05) is 23.9 Å². The number of tetrazole rings is 1. The molecule has 1 amide bonds. The number of methoxy groups -OCH3 is 2. The van der Waals surface area contributed by atoms with E-state index in [9.17, 15) is 4.79 Å². The fourth-order valence-electron chi connectivity index (χ4n) is 2.43. The summed E-state index contributed by atoms with van der Waals surface area (Å²) in [5.41, 5.74) is 2.50. The second kappa shape index (κ2) is 8.54. The zero-order valence-electron chi connectivity index (χ0n) is 15.2. The van der Waals surface area contributed by atoms with E-state index < -0.39 is 0 Å². The van der Waals surface area contributed by atoms with E-state index in [0.717, 1.165) is 11.3 Å². The van der Waals surface area contributed by atoms with Crippen LogP contribution in [0.3, 0.4) is 0 Å². The number of hydrogen-bond acceptors (Lipinski definition) is 7. The van der Waals surface area contributed by atoms with Crippen molar-refractivity contribution < 1.29 is 14.3 Å². The van der Waals surface area contributed by atoms with Crippen molar-refractivity contribution in [3.8, 4) is 17.2 Å². The van der Waals surface area contributed by atoms with Gasteiger partial charge in [-0.15, -0.1) is 5.10 Å². The van der Waals surface area contributed by atoms with Gasteiger partial charge < -0.3 is 14.8 Å². The van der Waals surface area contributed by atoms with Crippen molar-refractivity contribution in [2.75, 3.05) is 25.3 Å². The highest BCUT2D eigenvalue weighted by Crippen LogP contribution is 2.29. The summed E-state index contributed by atoms with van der Waals surface area (Å²) in [5, 5.41) is 15.1. The highest BCUT2D eigenvalue weighted by Gasteiger charge is 2.15. The van der Waals surface area contributed by atoms with Gasteiger partial charge >= 0.3 is 0 Å². The monoisotopic (exact) mass is 385 g/mol. The van der Waals surface area contributed by atoms with Crippen molar-refractivity contribution >= 4 is 23.4 Å². The van der Waals surface area contributed by atoms with Crippen LogP contribution in [0.4, 0.5) is 5.69 Å². The third-order valence-electron chi connectivity index (χ3n) is 3.69. The van der Waals surface area contributed by atoms with Gasteiger partial charge in [0.05, 0.1) is 20.0 Å². The molecule has 140 valence electrons. The Labute approximate surface area is 160 Å². The van der Waals surface area contributed by atoms with Crippen LogP contribution in [0.25, 0.3) is 5.69 Å². The Balaban J connectivity index is 1.71. The Bertz CT molecular complexity index is 944. The fraction of sp³-hybridized carbons (Fsp3) is 0.222. The number of nitrogens with zero attached hydrogens (tertiary/aromatic N) is 4. The number of nitrogens with one attached hydrogen (secondary N) is 1. The highest BCUT2D eigenvalue weighted by atomic mass is 32.2. The normalized spacial score (nSPS) is 10.5. The van der Waals surface area contributed by atoms with Gasteiger partial charge in [0.2, 0.25) is 11.1 Å². The standard InChI is InChI=1S/C18H19N5O3S/c1-12-5-4-6-13(9-12)19-17(24)11-27-18-20-21-22-23(18)15-8-7-14(25-2)10-16(15)26-3/h4-10H,11H2,1-3H3,(H,19,24). The number of hydrogen-bond donors (Lipinski definition) is 1. The molecule has 0 bridgehead atoms. The van der Waals surface area contributed by atoms with Crippen LogP contribution in [0.5, 0.6) is 11.5 Å². The Hall–Kier alpha value is -3.07. The first kappa shape index (κ1) is 18.7. The summed E-state index contributed by atoms with van der Waals surface area (Å²) in [6.45, 7) is 1.97. The number of benzene rings is 2. The van der Waals surface area contributed by atoms with E-state index >= 15 is 0 Å². The number of anilines is 1. The molecule has 0 spiro atoms. The fourth-order valence-corrected chi connectivity index (χ4v) is 3.11. The van der Waals surface area contributed by atoms with Gasteiger partial charge in [0, 0.05) is 11.8 Å². The second-order valence-electron chi connectivity index (χ2n) is 5.62. The summed E-state index contributed by atoms with van der Waals surface area (Å²) in [6.07, 6.45) is 0. The van der Waals surface area contributed by atoms with E-state index in [-0.39, 0.29) is 11.7 Å². The molecule has 1 N–H and O–H groups in total. The molecule has 0 aliphatic carbocycles. The van der Waals surface area contributed by atoms with Crippen molar-refractivity contribution in [2.24, 2.45) is 0 Å². The van der Waals surface area contributed by atoms with Crippen molar-refractivity contribution in [3.05, 3.63) is 48.0 Å². The summed E-state index contributed by atoms with van der Waals surface area (Å²) in [6, 6.07) is 13.0. The molecule has 1 heterocycles. The number of carbonyl (C=O) groups excluding carboxylic acids is 1. The summed E-state index contributed by atoms with van der Waals surface area (Å²) in [4.78, 5) is 12.2. The SMILES string of the molecule is COc1ccc(-n2nnnc2SCC(=O)Nc2cccc(C)c2)c(OC)c1. The first-order valence-electron chi connectivity index (χ1n) is 8.11. The molecule has 0 aliphatic heterocycles. The molecule has 9 heteroatoms. The molecule has 3 aromatic rings. The van der Waals surface area contributed by atoms with Crippen LogP contribution in [0.15, 0.2) is 47.6 Å². The first-order chi connectivity index (χ1) is 13.1. The van der Waals surface area contributed by atoms with E-state index in [1.807, 2.05) is 31.2 Å². The zero-order chi connectivity index (χ0) is 19.2. The van der Waals surface area contributed by atoms with Gasteiger partial charge in [0.15, 0.2) is 0 Å². The van der Waals surface area contributed by atoms with E-state index in [1.165, 1.54) is 16.4 Å². The lowest BCUT2D eigenvalue weighted by molar-refractivity contribution is -0.113. The Kier molecular flexibility index (Phi) is 5.92. The predicted octanol–water partition coefficient (Wildman–Crippen LogP) is 2.72. The number of aromatic nitrogens is 4. The van der Waals surface area contributed by atoms with Crippen LogP contribution in [0.2, 0.25) is 0 Å². The quantitative estimate of drug-likeness (QED) is 0.625. The molecule has 2 aromatic carbocycles. The molecule has 8 nitrogen and oxygen atoms in total. The van der Waals surface area contributed by atoms with Crippen LogP contribution < -0.4 is 14.8 Å². The Morgan fingerprint density at radius 3 is 2.78 bits per heavy atom. The average molecular weight is 385 g/mol. The number of ether oxygens (including phenoxy) is 2. The maximum atomic E-state index is 12.2. The molecule has 0 unspecified atom stereocenters. The van der Waals surface area contributed by atoms with Crippen molar-refractivity contribution in [2.45, 2.75) is 12.1 Å². The Morgan fingerprint density at radius 1 is 1.19 bits per heavy atom. The summed E-state index contributed by atoms with van der Waals surface area (Å²) < 4.78 is 12.1. The lowest BCUT2D eigenvalue weighted by atomic mass is 10.2. The zero-order valence-corrected chi connectivity index (χ0v) is 16.0. The summed E-state index contributed by atoms with van der Waals surface area (Å²) in [7, 11) is 3.14. The number of rotatable bonds is 7. The van der Waals surface area contributed by atoms with Crippen molar-refractivity contribution in [3.63, 3.8) is 0 Å². The molecule has 27 heavy (non-hydrogen) atoms. The average Bonchev–Trinajstić information content (AvgIpc) is 3.14. The topological polar surface area (TPSA) is 91.2 Å². The summed E-state index contributed by atoms with van der Waals surface area (Å²) >= 11 is 1.24. The van der Waals surface area contributed by atoms with Gasteiger partial charge in [-0.05, 0) is 47.2 Å². The summed E-state index contributed by atoms with van der Waals surface area (Å²) in [5.74, 6) is 1.26. The molecule has 1 aromatic heterocycles. The molecule has 0 aliphatic rings. The van der Waals surface area contributed by atoms with Gasteiger partial charge in [0.1, 0.15) is 17.2 Å². The third kappa shape index (κ3) is 4.56. The molecule has 0 radical (unpaired) electrons. The minimum absolute atomic E-state index is 0.137. The highest BCUT2D eigenvalue weighted by molar-refractivity contribution is 7.99. The van der Waals surface area contributed by atoms with Crippen LogP contribution in [-0.2, 0) is 4.79 Å². The predicted molar refractivity (Wildman–Crippen MR) is 103 cm³/mol. The maximum Gasteiger partial charge on any atom is 0.234 e. The maximum absolute atomic E-state index is 12.2. The molecular weight excluding hydrogens is 366 g/mol. The van der Waals surface area contributed by atoms with E-state index in [0.29, 0.717) is 22.3 Å². The third-order valence-corrected chi connectivity index (χ3v) is 4.61. The smallest absolute Gasteiger partial charge is 0.234 e. The lowest BCUT2D eigenvalue weighted by Gasteiger charge is -2.11. The Morgan fingerprint density at radius 2 is 2.04 bits per heavy atom. The molecular formula is C18H19N5O3S. The number of amides is 1. The van der Waals surface area contributed by atoms with Gasteiger partial charge in [0.25, 0.3) is 0 Å². The van der Waals surface area contributed by atoms with E-state index in [2.05, 4.69) is 20.8 Å². The number of aryl methyl sites for hydroxylation is 1. The van der Waals surface area contributed by atoms with Gasteiger partial charge in [-0.3, -0.25) is 4.79 Å². The first-order valence-corrected chi connectivity index (χ1v) is 9.09. The second-order valence-corrected chi connectivity index (χ2v) is 6.56. The van der Waals surface area contributed by atoms with Crippen LogP contribution in [0, 0.1) is 6.92 Å². The molecule has 3 rings (SSSR count). The minimum atomic E-state index is -0.137. The van der Waals surface area contributed by atoms with Crippen LogP contribution in [-0.4, -0.2) is 46.1 Å². The van der Waals surface area contributed by atoms with Crippen LogP contribution in [0.1, 0.15) is 5.56 Å². The van der Waals surface area contributed by atoms with E-state index in [1.54, 1.807) is 32.4 Å². The molecule has 0 fully saturated rings. The largest absolute Gasteiger partial charge is 0.497 e. The number of carbonyl (C=O) groups is 1. The number of thioether (sulfide) groups is 1. The van der Waals surface area contributed by atoms with Crippen molar-refractivity contribution in [1.82, 2.24) is 20.2 Å². The van der Waals surface area contributed by atoms with E-state index in [4.69, 9.17) is 9.47 Å². The van der Waals surface area contributed by atoms with Gasteiger partial charge in [-0.2, -0.15) is 4.68 Å². The molecule has 0 saturated heterocycles. The van der Waals surface area contributed by atoms with Gasteiger partial charge in [-0.25, -0.2) is 0 Å².